The predicted octanol–water partition coefficient (Wildman–Crippen LogP) is 10.7. The number of nitriles is 1. The Labute approximate surface area is 291 Å². The third-order valence-electron chi connectivity index (χ3n) is 9.08. The lowest BCUT2D eigenvalue weighted by molar-refractivity contribution is -0.164. The number of nitrogens with zero attached hydrogens (tertiary/aromatic N) is 1. The molecule has 0 bridgehead atoms. The van der Waals surface area contributed by atoms with Crippen molar-refractivity contribution in [3.8, 4) is 29.1 Å². The molecule has 1 unspecified atom stereocenters. The average molecular weight is 664 g/mol. The standard InChI is InChI=1S/C41H61NO6/c1-39(2,3)30-41(7,40(4,5)6)38(43)48-25-19-17-15-13-11-12-14-16-18-24-47-35-22-20-31(27-36(35)45-9)26-33(29-42)32-21-23-34(44-8)37(28-32)46-10/h20-23,26-28H,11-19,24-25,30H2,1-10H3/b33-26+. The van der Waals surface area contributed by atoms with Crippen molar-refractivity contribution in [1.29, 1.82) is 5.26 Å². The van der Waals surface area contributed by atoms with Crippen LogP contribution in [0.4, 0.5) is 0 Å². The largest absolute Gasteiger partial charge is 0.493 e. The van der Waals surface area contributed by atoms with Gasteiger partial charge in [-0.2, -0.15) is 5.26 Å². The van der Waals surface area contributed by atoms with Crippen molar-refractivity contribution >= 4 is 17.6 Å². The molecule has 7 heteroatoms. The zero-order valence-electron chi connectivity index (χ0n) is 31.4. The maximum Gasteiger partial charge on any atom is 0.312 e. The van der Waals surface area contributed by atoms with Gasteiger partial charge in [-0.15, -0.1) is 0 Å². The van der Waals surface area contributed by atoms with Gasteiger partial charge in [-0.25, -0.2) is 0 Å². The molecule has 0 spiro atoms. The lowest BCUT2D eigenvalue weighted by atomic mass is 9.61. The van der Waals surface area contributed by atoms with Crippen LogP contribution in [0.15, 0.2) is 36.4 Å². The number of hydrogen-bond acceptors (Lipinski definition) is 7. The average Bonchev–Trinajstić information content (AvgIpc) is 3.04. The molecular formula is C41H61NO6. The quantitative estimate of drug-likeness (QED) is 0.0603. The van der Waals surface area contributed by atoms with Gasteiger partial charge in [0.25, 0.3) is 0 Å². The van der Waals surface area contributed by atoms with E-state index in [4.69, 9.17) is 23.7 Å². The summed E-state index contributed by atoms with van der Waals surface area (Å²) in [6.45, 7) is 16.2. The second-order valence-electron chi connectivity index (χ2n) is 15.1. The van der Waals surface area contributed by atoms with Gasteiger partial charge < -0.3 is 23.7 Å². The molecular weight excluding hydrogens is 602 g/mol. The predicted molar refractivity (Wildman–Crippen MR) is 196 cm³/mol. The molecule has 0 amide bonds. The van der Waals surface area contributed by atoms with Crippen molar-refractivity contribution in [3.63, 3.8) is 0 Å². The molecule has 0 radical (unpaired) electrons. The zero-order chi connectivity index (χ0) is 35.8. The van der Waals surface area contributed by atoms with Crippen LogP contribution in [0.2, 0.25) is 0 Å². The molecule has 2 aromatic rings. The van der Waals surface area contributed by atoms with Gasteiger partial charge in [0.1, 0.15) is 0 Å². The monoisotopic (exact) mass is 663 g/mol. The van der Waals surface area contributed by atoms with E-state index in [0.29, 0.717) is 41.8 Å². The Kier molecular flexibility index (Phi) is 16.3. The first-order chi connectivity index (χ1) is 22.7. The highest BCUT2D eigenvalue weighted by Crippen LogP contribution is 2.47. The summed E-state index contributed by atoms with van der Waals surface area (Å²) in [5.41, 5.74) is 1.49. The fourth-order valence-electron chi connectivity index (χ4n) is 5.90. The van der Waals surface area contributed by atoms with Crippen molar-refractivity contribution in [2.45, 2.75) is 113 Å². The number of benzene rings is 2. The first kappa shape index (κ1) is 40.5. The summed E-state index contributed by atoms with van der Waals surface area (Å²) in [5.74, 6) is 2.46. The molecule has 0 fully saturated rings. The van der Waals surface area contributed by atoms with Crippen LogP contribution >= 0.6 is 0 Å². The molecule has 0 heterocycles. The van der Waals surface area contributed by atoms with Gasteiger partial charge in [0.2, 0.25) is 0 Å². The number of methoxy groups -OCH3 is 3. The summed E-state index contributed by atoms with van der Waals surface area (Å²) in [6.07, 6.45) is 12.8. The topological polar surface area (TPSA) is 87.0 Å². The lowest BCUT2D eigenvalue weighted by Crippen LogP contribution is -2.44. The van der Waals surface area contributed by atoms with Crippen LogP contribution in [0, 0.1) is 27.6 Å². The minimum absolute atomic E-state index is 0.0573. The highest BCUT2D eigenvalue weighted by atomic mass is 16.5. The fourth-order valence-corrected chi connectivity index (χ4v) is 5.90. The number of carbonyl (C=O) groups excluding carboxylic acids is 1. The zero-order valence-corrected chi connectivity index (χ0v) is 31.4. The summed E-state index contributed by atoms with van der Waals surface area (Å²) in [6, 6.07) is 13.4. The Morgan fingerprint density at radius 1 is 0.688 bits per heavy atom. The van der Waals surface area contributed by atoms with E-state index in [9.17, 15) is 10.1 Å². The van der Waals surface area contributed by atoms with Crippen LogP contribution in [0.1, 0.15) is 124 Å². The van der Waals surface area contributed by atoms with E-state index >= 15 is 0 Å². The Morgan fingerprint density at radius 2 is 1.21 bits per heavy atom. The van der Waals surface area contributed by atoms with E-state index in [0.717, 1.165) is 43.2 Å². The van der Waals surface area contributed by atoms with Crippen molar-refractivity contribution in [2.75, 3.05) is 34.5 Å². The summed E-state index contributed by atoms with van der Waals surface area (Å²) >= 11 is 0. The summed E-state index contributed by atoms with van der Waals surface area (Å²) in [7, 11) is 4.78. The third-order valence-corrected chi connectivity index (χ3v) is 9.08. The SMILES string of the molecule is COc1ccc(/C(C#N)=C/c2ccc(OCCCCCCCCCCCOC(=O)C(C)(CC(C)(C)C)C(C)(C)C)c(OC)c2)cc1OC. The molecule has 0 N–H and O–H groups in total. The maximum absolute atomic E-state index is 13.1. The van der Waals surface area contributed by atoms with Crippen LogP contribution < -0.4 is 18.9 Å². The van der Waals surface area contributed by atoms with Gasteiger partial charge in [0.15, 0.2) is 23.0 Å². The lowest BCUT2D eigenvalue weighted by Gasteiger charge is -2.43. The van der Waals surface area contributed by atoms with Crippen LogP contribution in [0.5, 0.6) is 23.0 Å². The molecule has 0 saturated carbocycles. The molecule has 266 valence electrons. The molecule has 0 aliphatic rings. The second kappa shape index (κ2) is 19.4. The number of hydrogen-bond donors (Lipinski definition) is 0. The van der Waals surface area contributed by atoms with Crippen LogP contribution in [0.3, 0.4) is 0 Å². The molecule has 48 heavy (non-hydrogen) atoms. The van der Waals surface area contributed by atoms with E-state index in [-0.39, 0.29) is 16.8 Å². The molecule has 7 nitrogen and oxygen atoms in total. The summed E-state index contributed by atoms with van der Waals surface area (Å²) < 4.78 is 28.1. The smallest absolute Gasteiger partial charge is 0.312 e. The summed E-state index contributed by atoms with van der Waals surface area (Å²) in [5, 5.41) is 9.81. The van der Waals surface area contributed by atoms with Gasteiger partial charge in [-0.3, -0.25) is 4.79 Å². The van der Waals surface area contributed by atoms with E-state index in [2.05, 4.69) is 54.5 Å². The molecule has 1 atom stereocenters. The number of allylic oxidation sites excluding steroid dienone is 1. The normalized spacial score (nSPS) is 13.3. The number of carbonyl (C=O) groups is 1. The van der Waals surface area contributed by atoms with E-state index < -0.39 is 5.41 Å². The van der Waals surface area contributed by atoms with Gasteiger partial charge in [-0.1, -0.05) is 92.6 Å². The summed E-state index contributed by atoms with van der Waals surface area (Å²) in [4.78, 5) is 13.1. The van der Waals surface area contributed by atoms with E-state index in [1.807, 2.05) is 30.3 Å². The van der Waals surface area contributed by atoms with Crippen molar-refractivity contribution in [3.05, 3.63) is 47.5 Å². The third kappa shape index (κ3) is 12.7. The minimum atomic E-state index is -0.498. The molecule has 2 rings (SSSR count). The number of ether oxygens (including phenoxy) is 5. The molecule has 0 aliphatic heterocycles. The number of esters is 1. The van der Waals surface area contributed by atoms with E-state index in [1.54, 1.807) is 33.5 Å². The Bertz CT molecular complexity index is 1360. The minimum Gasteiger partial charge on any atom is -0.493 e. The fraction of sp³-hybridized carbons (Fsp3) is 0.610. The van der Waals surface area contributed by atoms with Crippen molar-refractivity contribution < 1.29 is 28.5 Å². The Hall–Kier alpha value is -3.66. The Morgan fingerprint density at radius 3 is 1.73 bits per heavy atom. The van der Waals surface area contributed by atoms with Crippen LogP contribution in [-0.4, -0.2) is 40.5 Å². The van der Waals surface area contributed by atoms with Gasteiger partial charge in [0.05, 0.1) is 51.6 Å². The number of rotatable bonds is 20. The first-order valence-corrected chi connectivity index (χ1v) is 17.5. The van der Waals surface area contributed by atoms with Gasteiger partial charge in [0, 0.05) is 0 Å². The van der Waals surface area contributed by atoms with E-state index in [1.165, 1.54) is 32.1 Å². The molecule has 0 aliphatic carbocycles. The molecule has 0 aromatic heterocycles. The van der Waals surface area contributed by atoms with Gasteiger partial charge in [-0.05, 0) is 84.6 Å². The van der Waals surface area contributed by atoms with Crippen LogP contribution in [0.25, 0.3) is 11.6 Å². The van der Waals surface area contributed by atoms with Crippen LogP contribution in [-0.2, 0) is 9.53 Å². The second-order valence-corrected chi connectivity index (χ2v) is 15.1. The molecule has 0 saturated heterocycles. The van der Waals surface area contributed by atoms with Crippen molar-refractivity contribution in [2.24, 2.45) is 16.2 Å². The molecule has 2 aromatic carbocycles. The number of unbranched alkanes of at least 4 members (excludes halogenated alkanes) is 8. The first-order valence-electron chi connectivity index (χ1n) is 17.5. The highest BCUT2D eigenvalue weighted by Gasteiger charge is 2.47. The van der Waals surface area contributed by atoms with Crippen molar-refractivity contribution in [1.82, 2.24) is 0 Å². The van der Waals surface area contributed by atoms with Gasteiger partial charge >= 0.3 is 5.97 Å². The highest BCUT2D eigenvalue weighted by molar-refractivity contribution is 5.90. The maximum atomic E-state index is 13.1. The Balaban J connectivity index is 1.67.